The first kappa shape index (κ1) is 9.04. The molecule has 0 aliphatic carbocycles. The lowest BCUT2D eigenvalue weighted by Gasteiger charge is -2.35. The Labute approximate surface area is 74.3 Å². The Hall–Kier alpha value is -1.05. The van der Waals surface area contributed by atoms with Gasteiger partial charge >= 0.3 is 0 Å². The molecular formula is C10H16N2. The molecule has 2 heteroatoms. The summed E-state index contributed by atoms with van der Waals surface area (Å²) in [6.45, 7) is 12.3. The van der Waals surface area contributed by atoms with E-state index in [1.165, 1.54) is 0 Å². The van der Waals surface area contributed by atoms with Gasteiger partial charge in [-0.05, 0) is 39.8 Å². The SMILES string of the molecule is C=C1C=CC(C)=NN1C(C)(C)C. The number of hydrazone groups is 1. The van der Waals surface area contributed by atoms with Crippen LogP contribution in [0, 0.1) is 0 Å². The third-order valence-electron chi connectivity index (χ3n) is 1.68. The Bertz CT molecular complexity index is 254. The fourth-order valence-electron chi connectivity index (χ4n) is 1.12. The van der Waals surface area contributed by atoms with Gasteiger partial charge in [0.25, 0.3) is 0 Å². The lowest BCUT2D eigenvalue weighted by atomic mass is 10.1. The first-order valence-electron chi connectivity index (χ1n) is 4.14. The van der Waals surface area contributed by atoms with Crippen LogP contribution in [-0.4, -0.2) is 16.3 Å². The van der Waals surface area contributed by atoms with Crippen molar-refractivity contribution in [1.82, 2.24) is 5.01 Å². The highest BCUT2D eigenvalue weighted by atomic mass is 15.5. The maximum Gasteiger partial charge on any atom is 0.0579 e. The highest BCUT2D eigenvalue weighted by molar-refractivity contribution is 5.93. The first-order chi connectivity index (χ1) is 5.41. The molecule has 0 aromatic heterocycles. The van der Waals surface area contributed by atoms with E-state index in [2.05, 4.69) is 32.5 Å². The molecule has 0 aromatic carbocycles. The van der Waals surface area contributed by atoms with E-state index in [1.54, 1.807) is 0 Å². The topological polar surface area (TPSA) is 15.6 Å². The summed E-state index contributed by atoms with van der Waals surface area (Å²) in [6.07, 6.45) is 3.97. The second kappa shape index (κ2) is 2.77. The summed E-state index contributed by atoms with van der Waals surface area (Å²) in [5.41, 5.74) is 1.99. The standard InChI is InChI=1S/C10H16N2/c1-8-6-7-9(2)12(11-8)10(3,4)5/h6-7H,2H2,1,3-5H3. The molecule has 0 saturated carbocycles. The van der Waals surface area contributed by atoms with Crippen LogP contribution in [0.25, 0.3) is 0 Å². The van der Waals surface area contributed by atoms with Gasteiger partial charge in [0.05, 0.1) is 16.9 Å². The van der Waals surface area contributed by atoms with E-state index in [9.17, 15) is 0 Å². The Morgan fingerprint density at radius 1 is 1.33 bits per heavy atom. The predicted octanol–water partition coefficient (Wildman–Crippen LogP) is 2.55. The van der Waals surface area contributed by atoms with Crippen molar-refractivity contribution in [1.29, 1.82) is 0 Å². The van der Waals surface area contributed by atoms with Gasteiger partial charge in [-0.1, -0.05) is 6.58 Å². The normalized spacial score (nSPS) is 18.2. The zero-order chi connectivity index (χ0) is 9.35. The zero-order valence-electron chi connectivity index (χ0n) is 8.26. The molecule has 0 aromatic rings. The molecule has 2 nitrogen and oxygen atoms in total. The minimum absolute atomic E-state index is 0.0170. The van der Waals surface area contributed by atoms with Crippen LogP contribution in [0.2, 0.25) is 0 Å². The summed E-state index contributed by atoms with van der Waals surface area (Å²) in [7, 11) is 0. The Kier molecular flexibility index (Phi) is 2.09. The van der Waals surface area contributed by atoms with E-state index < -0.39 is 0 Å². The number of allylic oxidation sites excluding steroid dienone is 2. The second-order valence-corrected chi connectivity index (χ2v) is 4.05. The molecule has 66 valence electrons. The molecule has 0 saturated heterocycles. The van der Waals surface area contributed by atoms with Gasteiger partial charge in [0, 0.05) is 0 Å². The summed E-state index contributed by atoms with van der Waals surface area (Å²) in [5.74, 6) is 0. The van der Waals surface area contributed by atoms with E-state index in [0.717, 1.165) is 11.4 Å². The molecule has 0 N–H and O–H groups in total. The van der Waals surface area contributed by atoms with Crippen molar-refractivity contribution in [3.05, 3.63) is 24.4 Å². The van der Waals surface area contributed by atoms with E-state index >= 15 is 0 Å². The molecule has 0 atom stereocenters. The summed E-state index contributed by atoms with van der Waals surface area (Å²) >= 11 is 0. The molecule has 0 spiro atoms. The third-order valence-corrected chi connectivity index (χ3v) is 1.68. The van der Waals surface area contributed by atoms with Gasteiger partial charge in [-0.15, -0.1) is 0 Å². The molecule has 0 fully saturated rings. The van der Waals surface area contributed by atoms with Crippen molar-refractivity contribution in [3.8, 4) is 0 Å². The van der Waals surface area contributed by atoms with Crippen LogP contribution < -0.4 is 0 Å². The molecule has 1 rings (SSSR count). The summed E-state index contributed by atoms with van der Waals surface area (Å²) in [5, 5.41) is 6.34. The maximum atomic E-state index is 4.40. The smallest absolute Gasteiger partial charge is 0.0579 e. The maximum absolute atomic E-state index is 4.40. The van der Waals surface area contributed by atoms with Crippen molar-refractivity contribution >= 4 is 5.71 Å². The Morgan fingerprint density at radius 3 is 2.33 bits per heavy atom. The molecule has 0 unspecified atom stereocenters. The summed E-state index contributed by atoms with van der Waals surface area (Å²) < 4.78 is 0. The lowest BCUT2D eigenvalue weighted by molar-refractivity contribution is 0.199. The second-order valence-electron chi connectivity index (χ2n) is 4.05. The largest absolute Gasteiger partial charge is 0.261 e. The van der Waals surface area contributed by atoms with Crippen molar-refractivity contribution < 1.29 is 0 Å². The van der Waals surface area contributed by atoms with E-state index in [1.807, 2.05) is 24.1 Å². The molecule has 0 bridgehead atoms. The van der Waals surface area contributed by atoms with Crippen LogP contribution >= 0.6 is 0 Å². The number of rotatable bonds is 0. The zero-order valence-corrected chi connectivity index (χ0v) is 8.26. The minimum Gasteiger partial charge on any atom is -0.261 e. The van der Waals surface area contributed by atoms with Crippen molar-refractivity contribution in [2.24, 2.45) is 5.10 Å². The van der Waals surface area contributed by atoms with Gasteiger partial charge in [0.2, 0.25) is 0 Å². The third kappa shape index (κ3) is 1.76. The molecule has 1 aliphatic rings. The number of hydrogen-bond donors (Lipinski definition) is 0. The fraction of sp³-hybridized carbons (Fsp3) is 0.500. The minimum atomic E-state index is 0.0170. The molecule has 0 amide bonds. The van der Waals surface area contributed by atoms with Crippen molar-refractivity contribution in [2.75, 3.05) is 0 Å². The van der Waals surface area contributed by atoms with E-state index in [-0.39, 0.29) is 5.54 Å². The predicted molar refractivity (Wildman–Crippen MR) is 53.0 cm³/mol. The van der Waals surface area contributed by atoms with E-state index in [0.29, 0.717) is 0 Å². The Morgan fingerprint density at radius 2 is 1.92 bits per heavy atom. The molecule has 12 heavy (non-hydrogen) atoms. The van der Waals surface area contributed by atoms with Crippen molar-refractivity contribution in [2.45, 2.75) is 33.2 Å². The Balaban J connectivity index is 2.93. The average Bonchev–Trinajstić information content (AvgIpc) is 1.92. The van der Waals surface area contributed by atoms with E-state index in [4.69, 9.17) is 0 Å². The van der Waals surface area contributed by atoms with Gasteiger partial charge < -0.3 is 0 Å². The van der Waals surface area contributed by atoms with Gasteiger partial charge in [-0.25, -0.2) is 0 Å². The van der Waals surface area contributed by atoms with Crippen LogP contribution in [0.4, 0.5) is 0 Å². The highest BCUT2D eigenvalue weighted by Crippen LogP contribution is 2.22. The van der Waals surface area contributed by atoms with Gasteiger partial charge in [-0.2, -0.15) is 5.10 Å². The van der Waals surface area contributed by atoms with Crippen LogP contribution in [0.1, 0.15) is 27.7 Å². The van der Waals surface area contributed by atoms with Crippen LogP contribution in [0.5, 0.6) is 0 Å². The van der Waals surface area contributed by atoms with Gasteiger partial charge in [0.1, 0.15) is 0 Å². The summed E-state index contributed by atoms with van der Waals surface area (Å²) in [4.78, 5) is 0. The lowest BCUT2D eigenvalue weighted by Crippen LogP contribution is -2.37. The number of nitrogens with zero attached hydrogens (tertiary/aromatic N) is 2. The van der Waals surface area contributed by atoms with Crippen LogP contribution in [0.15, 0.2) is 29.5 Å². The molecule has 1 heterocycles. The average molecular weight is 164 g/mol. The fourth-order valence-corrected chi connectivity index (χ4v) is 1.12. The molecule has 1 aliphatic heterocycles. The first-order valence-corrected chi connectivity index (χ1v) is 4.14. The van der Waals surface area contributed by atoms with Crippen LogP contribution in [0.3, 0.4) is 0 Å². The highest BCUT2D eigenvalue weighted by Gasteiger charge is 2.22. The van der Waals surface area contributed by atoms with Crippen molar-refractivity contribution in [3.63, 3.8) is 0 Å². The summed E-state index contributed by atoms with van der Waals surface area (Å²) in [6, 6.07) is 0. The van der Waals surface area contributed by atoms with Gasteiger partial charge in [0.15, 0.2) is 0 Å². The molecule has 0 radical (unpaired) electrons. The van der Waals surface area contributed by atoms with Crippen LogP contribution in [-0.2, 0) is 0 Å². The monoisotopic (exact) mass is 164 g/mol. The quantitative estimate of drug-likeness (QED) is 0.537. The number of hydrogen-bond acceptors (Lipinski definition) is 2. The molecular weight excluding hydrogens is 148 g/mol. The van der Waals surface area contributed by atoms with Gasteiger partial charge in [-0.3, -0.25) is 5.01 Å².